The summed E-state index contributed by atoms with van der Waals surface area (Å²) in [6, 6.07) is 4.94. The fourth-order valence-corrected chi connectivity index (χ4v) is 2.95. The molecule has 0 spiro atoms. The molecule has 7 heteroatoms. The Kier molecular flexibility index (Phi) is 5.66. The summed E-state index contributed by atoms with van der Waals surface area (Å²) >= 11 is 0. The van der Waals surface area contributed by atoms with E-state index in [0.717, 1.165) is 0 Å². The summed E-state index contributed by atoms with van der Waals surface area (Å²) in [5.74, 6) is -1.94. The molecule has 0 saturated carbocycles. The second-order valence-corrected chi connectivity index (χ2v) is 5.64. The number of carbonyl (C=O) groups excluding carboxylic acids is 3. The van der Waals surface area contributed by atoms with Crippen molar-refractivity contribution in [1.29, 1.82) is 0 Å². The Hall–Kier alpha value is -2.57. The van der Waals surface area contributed by atoms with Gasteiger partial charge in [0.05, 0.1) is 26.2 Å². The van der Waals surface area contributed by atoms with Gasteiger partial charge < -0.3 is 23.7 Å². The van der Waals surface area contributed by atoms with E-state index in [9.17, 15) is 14.4 Å². The lowest BCUT2D eigenvalue weighted by atomic mass is 9.80. The highest BCUT2D eigenvalue weighted by Gasteiger charge is 2.62. The highest BCUT2D eigenvalue weighted by Crippen LogP contribution is 2.49. The number of ketones is 1. The first-order valence-corrected chi connectivity index (χ1v) is 8.11. The van der Waals surface area contributed by atoms with E-state index in [2.05, 4.69) is 0 Å². The highest BCUT2D eigenvalue weighted by atomic mass is 16.6. The number of hydrogen-bond acceptors (Lipinski definition) is 7. The molecule has 0 radical (unpaired) electrons. The first kappa shape index (κ1) is 18.8. The molecule has 1 aliphatic rings. The minimum atomic E-state index is -2.04. The summed E-state index contributed by atoms with van der Waals surface area (Å²) in [4.78, 5) is 37.2. The smallest absolute Gasteiger partial charge is 0.363 e. The quantitative estimate of drug-likeness (QED) is 0.549. The molecule has 0 bridgehead atoms. The molecule has 0 amide bonds. The van der Waals surface area contributed by atoms with Crippen molar-refractivity contribution >= 4 is 17.7 Å². The molecule has 1 aliphatic heterocycles. The minimum Gasteiger partial charge on any atom is -0.497 e. The van der Waals surface area contributed by atoms with E-state index in [1.54, 1.807) is 32.0 Å². The lowest BCUT2D eigenvalue weighted by Gasteiger charge is -2.29. The lowest BCUT2D eigenvalue weighted by Crippen LogP contribution is -2.55. The third-order valence-electron chi connectivity index (χ3n) is 4.01. The van der Waals surface area contributed by atoms with Crippen molar-refractivity contribution in [2.24, 2.45) is 0 Å². The summed E-state index contributed by atoms with van der Waals surface area (Å²) in [6.07, 6.45) is -0.0586. The monoisotopic (exact) mass is 350 g/mol. The van der Waals surface area contributed by atoms with Gasteiger partial charge in [-0.05, 0) is 26.8 Å². The van der Waals surface area contributed by atoms with Crippen LogP contribution < -0.4 is 9.47 Å². The van der Waals surface area contributed by atoms with Crippen LogP contribution in [0.2, 0.25) is 0 Å². The highest BCUT2D eigenvalue weighted by molar-refractivity contribution is 6.07. The first-order valence-electron chi connectivity index (χ1n) is 8.11. The molecule has 0 aromatic heterocycles. The molecule has 7 nitrogen and oxygen atoms in total. The molecule has 1 heterocycles. The minimum absolute atomic E-state index is 0.0586. The standard InChI is InChI=1S/C18H22O7/c1-5-23-16(20)18(17(21)24-6-2)14(9-11(3)19)13-8-7-12(22-4)10-15(13)25-18/h7-8,10,14H,5-6,9H2,1-4H3. The van der Waals surface area contributed by atoms with Crippen molar-refractivity contribution in [1.82, 2.24) is 0 Å². The van der Waals surface area contributed by atoms with Crippen molar-refractivity contribution in [3.63, 3.8) is 0 Å². The van der Waals surface area contributed by atoms with Crippen LogP contribution in [0.25, 0.3) is 0 Å². The molecule has 136 valence electrons. The van der Waals surface area contributed by atoms with Gasteiger partial charge in [-0.1, -0.05) is 6.07 Å². The SMILES string of the molecule is CCOC(=O)C1(C(=O)OCC)Oc2cc(OC)ccc2C1CC(C)=O. The fourth-order valence-electron chi connectivity index (χ4n) is 2.95. The van der Waals surface area contributed by atoms with Gasteiger partial charge in [0.1, 0.15) is 17.3 Å². The van der Waals surface area contributed by atoms with Crippen molar-refractivity contribution in [3.8, 4) is 11.5 Å². The number of hydrogen-bond donors (Lipinski definition) is 0. The number of esters is 2. The second kappa shape index (κ2) is 7.55. The normalized spacial score (nSPS) is 17.2. The van der Waals surface area contributed by atoms with Crippen LogP contribution in [0.3, 0.4) is 0 Å². The Morgan fingerprint density at radius 3 is 2.20 bits per heavy atom. The maximum absolute atomic E-state index is 12.7. The average molecular weight is 350 g/mol. The van der Waals surface area contributed by atoms with Crippen LogP contribution >= 0.6 is 0 Å². The van der Waals surface area contributed by atoms with Gasteiger partial charge in [-0.25, -0.2) is 9.59 Å². The van der Waals surface area contributed by atoms with E-state index < -0.39 is 23.5 Å². The van der Waals surface area contributed by atoms with Crippen LogP contribution in [-0.4, -0.2) is 43.6 Å². The van der Waals surface area contributed by atoms with Crippen LogP contribution in [0.15, 0.2) is 18.2 Å². The number of rotatable bonds is 7. The molecule has 0 N–H and O–H groups in total. The number of methoxy groups -OCH3 is 1. The van der Waals surface area contributed by atoms with Gasteiger partial charge in [-0.3, -0.25) is 0 Å². The van der Waals surface area contributed by atoms with Gasteiger partial charge in [-0.15, -0.1) is 0 Å². The van der Waals surface area contributed by atoms with E-state index in [4.69, 9.17) is 18.9 Å². The molecule has 1 aromatic rings. The molecule has 1 atom stereocenters. The van der Waals surface area contributed by atoms with E-state index in [1.807, 2.05) is 0 Å². The molecule has 0 fully saturated rings. The third-order valence-corrected chi connectivity index (χ3v) is 4.01. The van der Waals surface area contributed by atoms with Crippen molar-refractivity contribution in [2.45, 2.75) is 38.7 Å². The summed E-state index contributed by atoms with van der Waals surface area (Å²) in [5, 5.41) is 0. The van der Waals surface area contributed by atoms with E-state index in [-0.39, 0.29) is 25.4 Å². The molecule has 2 rings (SSSR count). The van der Waals surface area contributed by atoms with Crippen LogP contribution in [0.5, 0.6) is 11.5 Å². The zero-order valence-electron chi connectivity index (χ0n) is 14.8. The molecule has 0 aliphatic carbocycles. The maximum Gasteiger partial charge on any atom is 0.363 e. The van der Waals surface area contributed by atoms with Gasteiger partial charge in [0, 0.05) is 18.1 Å². The first-order chi connectivity index (χ1) is 11.9. The van der Waals surface area contributed by atoms with Crippen LogP contribution in [0, 0.1) is 0 Å². The molecule has 0 saturated heterocycles. The van der Waals surface area contributed by atoms with Crippen LogP contribution in [0.4, 0.5) is 0 Å². The van der Waals surface area contributed by atoms with E-state index in [1.165, 1.54) is 14.0 Å². The number of fused-ring (bicyclic) bond motifs is 1. The Morgan fingerprint density at radius 2 is 1.72 bits per heavy atom. The second-order valence-electron chi connectivity index (χ2n) is 5.64. The largest absolute Gasteiger partial charge is 0.497 e. The summed E-state index contributed by atoms with van der Waals surface area (Å²) in [5.41, 5.74) is -1.47. The van der Waals surface area contributed by atoms with Gasteiger partial charge in [0.2, 0.25) is 0 Å². The Labute approximate surface area is 146 Å². The molecule has 25 heavy (non-hydrogen) atoms. The van der Waals surface area contributed by atoms with Crippen LogP contribution in [0.1, 0.15) is 38.7 Å². The Balaban J connectivity index is 2.60. The van der Waals surface area contributed by atoms with Gasteiger partial charge in [0.15, 0.2) is 0 Å². The molecular weight excluding hydrogens is 328 g/mol. The van der Waals surface area contributed by atoms with E-state index in [0.29, 0.717) is 17.1 Å². The zero-order chi connectivity index (χ0) is 18.6. The summed E-state index contributed by atoms with van der Waals surface area (Å²) in [7, 11) is 1.49. The predicted molar refractivity (Wildman–Crippen MR) is 87.7 cm³/mol. The number of carbonyl (C=O) groups is 3. The molecular formula is C18H22O7. The van der Waals surface area contributed by atoms with Gasteiger partial charge >= 0.3 is 17.5 Å². The van der Waals surface area contributed by atoms with Gasteiger partial charge in [-0.2, -0.15) is 0 Å². The summed E-state index contributed by atoms with van der Waals surface area (Å²) in [6.45, 7) is 4.78. The average Bonchev–Trinajstić information content (AvgIpc) is 2.89. The summed E-state index contributed by atoms with van der Waals surface area (Å²) < 4.78 is 21.1. The Morgan fingerprint density at radius 1 is 1.12 bits per heavy atom. The van der Waals surface area contributed by atoms with Gasteiger partial charge in [0.25, 0.3) is 0 Å². The predicted octanol–water partition coefficient (Wildman–Crippen LogP) is 2.02. The number of benzene rings is 1. The van der Waals surface area contributed by atoms with E-state index >= 15 is 0 Å². The number of Topliss-reactive ketones (excluding diaryl/α,β-unsaturated/α-hetero) is 1. The lowest BCUT2D eigenvalue weighted by molar-refractivity contribution is -0.180. The fraction of sp³-hybridized carbons (Fsp3) is 0.500. The number of ether oxygens (including phenoxy) is 4. The molecule has 1 unspecified atom stereocenters. The third kappa shape index (κ3) is 3.31. The van der Waals surface area contributed by atoms with Crippen molar-refractivity contribution in [2.75, 3.05) is 20.3 Å². The topological polar surface area (TPSA) is 88.1 Å². The van der Waals surface area contributed by atoms with Crippen LogP contribution in [-0.2, 0) is 23.9 Å². The zero-order valence-corrected chi connectivity index (χ0v) is 14.8. The Bertz CT molecular complexity index is 662. The molecule has 1 aromatic carbocycles. The van der Waals surface area contributed by atoms with Crippen molar-refractivity contribution < 1.29 is 33.3 Å². The van der Waals surface area contributed by atoms with Crippen molar-refractivity contribution in [3.05, 3.63) is 23.8 Å². The maximum atomic E-state index is 12.7.